The highest BCUT2D eigenvalue weighted by Crippen LogP contribution is 2.37. The van der Waals surface area contributed by atoms with Gasteiger partial charge in [0.2, 0.25) is 16.0 Å². The number of nitrogens with two attached hydrogens (primary N) is 1. The van der Waals surface area contributed by atoms with Crippen LogP contribution in [0.1, 0.15) is 47.7 Å². The van der Waals surface area contributed by atoms with Gasteiger partial charge in [-0.05, 0) is 54.9 Å². The number of nitrogens with zero attached hydrogens (tertiary/aromatic N) is 3. The molecule has 1 aliphatic carbocycles. The van der Waals surface area contributed by atoms with Crippen LogP contribution in [0.5, 0.6) is 0 Å². The fourth-order valence-electron chi connectivity index (χ4n) is 4.97. The van der Waals surface area contributed by atoms with Crippen molar-refractivity contribution in [2.45, 2.75) is 43.5 Å². The molecule has 2 heterocycles. The van der Waals surface area contributed by atoms with Gasteiger partial charge in [0.05, 0.1) is 12.6 Å². The van der Waals surface area contributed by atoms with Crippen molar-refractivity contribution in [2.75, 3.05) is 18.0 Å². The average molecular weight is 494 g/mol. The molecule has 1 saturated carbocycles. The lowest BCUT2D eigenvalue weighted by Crippen LogP contribution is -2.44. The van der Waals surface area contributed by atoms with Gasteiger partial charge in [0.1, 0.15) is 5.25 Å². The number of nitrogens with one attached hydrogen (secondary N) is 1. The molecule has 0 radical (unpaired) electrons. The number of carbonyl (C=O) groups excluding carboxylic acids is 1. The number of rotatable bonds is 7. The van der Waals surface area contributed by atoms with Gasteiger partial charge >= 0.3 is 6.03 Å². The molecule has 0 aromatic heterocycles. The number of hydrogen-bond donors (Lipinski definition) is 2. The van der Waals surface area contributed by atoms with Gasteiger partial charge in [0.25, 0.3) is 0 Å². The molecule has 2 amide bonds. The highest BCUT2D eigenvalue weighted by molar-refractivity contribution is 7.90. The van der Waals surface area contributed by atoms with Gasteiger partial charge in [0.15, 0.2) is 0 Å². The summed E-state index contributed by atoms with van der Waals surface area (Å²) in [7, 11) is -3.89. The maximum absolute atomic E-state index is 13.6. The van der Waals surface area contributed by atoms with E-state index in [-0.39, 0.29) is 30.6 Å². The van der Waals surface area contributed by atoms with E-state index in [0.717, 1.165) is 29.7 Å². The smallest absolute Gasteiger partial charge is 0.322 e. The van der Waals surface area contributed by atoms with Gasteiger partial charge < -0.3 is 11.1 Å². The van der Waals surface area contributed by atoms with Crippen LogP contribution in [0.4, 0.5) is 10.5 Å². The Hall–Kier alpha value is -3.33. The van der Waals surface area contributed by atoms with Gasteiger partial charge in [0, 0.05) is 18.3 Å². The van der Waals surface area contributed by atoms with E-state index in [1.54, 1.807) is 11.0 Å². The Morgan fingerprint density at radius 3 is 2.66 bits per heavy atom. The summed E-state index contributed by atoms with van der Waals surface area (Å²) in [6.07, 6.45) is 4.42. The second-order valence-corrected chi connectivity index (χ2v) is 11.5. The fraction of sp³-hybridized carbons (Fsp3) is 0.385. The third kappa shape index (κ3) is 4.40. The Kier molecular flexibility index (Phi) is 6.04. The summed E-state index contributed by atoms with van der Waals surface area (Å²) in [5, 5.41) is 2.12. The van der Waals surface area contributed by atoms with Crippen LogP contribution >= 0.6 is 0 Å². The molecule has 3 unspecified atom stereocenters. The molecule has 2 aromatic rings. The minimum atomic E-state index is -3.89. The number of hydrogen-bond acceptors (Lipinski definition) is 5. The second-order valence-electron chi connectivity index (χ2n) is 9.51. The van der Waals surface area contributed by atoms with Gasteiger partial charge in [-0.25, -0.2) is 22.5 Å². The number of benzene rings is 2. The minimum absolute atomic E-state index is 0.0144. The van der Waals surface area contributed by atoms with Crippen LogP contribution < -0.4 is 16.0 Å². The number of anilines is 1. The first-order valence-electron chi connectivity index (χ1n) is 12.0. The normalized spacial score (nSPS) is 21.3. The predicted octanol–water partition coefficient (Wildman–Crippen LogP) is 3.49. The predicted molar refractivity (Wildman–Crippen MR) is 138 cm³/mol. The van der Waals surface area contributed by atoms with Crippen LogP contribution in [-0.4, -0.2) is 43.8 Å². The third-order valence-electron chi connectivity index (χ3n) is 7.16. The number of fused-ring (bicyclic) bond motifs is 1. The van der Waals surface area contributed by atoms with Crippen LogP contribution in [0.15, 0.2) is 66.2 Å². The maximum atomic E-state index is 13.6. The Morgan fingerprint density at radius 1 is 1.23 bits per heavy atom. The van der Waals surface area contributed by atoms with Crippen molar-refractivity contribution in [3.8, 4) is 0 Å². The summed E-state index contributed by atoms with van der Waals surface area (Å²) in [5.74, 6) is 0.560. The highest BCUT2D eigenvalue weighted by Gasteiger charge is 2.39. The van der Waals surface area contributed by atoms with E-state index in [9.17, 15) is 13.2 Å². The largest absolute Gasteiger partial charge is 0.369 e. The molecule has 1 fully saturated rings. The molecule has 3 atom stereocenters. The van der Waals surface area contributed by atoms with Gasteiger partial charge in [-0.15, -0.1) is 6.58 Å². The van der Waals surface area contributed by atoms with Crippen molar-refractivity contribution < 1.29 is 13.2 Å². The Labute approximate surface area is 206 Å². The van der Waals surface area contributed by atoms with Crippen molar-refractivity contribution in [3.63, 3.8) is 0 Å². The number of aliphatic imine (C=N–C) groups is 1. The van der Waals surface area contributed by atoms with E-state index in [1.807, 2.05) is 49.4 Å². The molecule has 8 nitrogen and oxygen atoms in total. The number of amides is 2. The lowest BCUT2D eigenvalue weighted by Gasteiger charge is -2.25. The third-order valence-corrected chi connectivity index (χ3v) is 9.22. The topological polar surface area (TPSA) is 108 Å². The lowest BCUT2D eigenvalue weighted by atomic mass is 10.1. The summed E-state index contributed by atoms with van der Waals surface area (Å²) in [5.41, 5.74) is 9.36. The maximum Gasteiger partial charge on any atom is 0.322 e. The van der Waals surface area contributed by atoms with E-state index in [1.165, 1.54) is 10.4 Å². The first kappa shape index (κ1) is 23.4. The van der Waals surface area contributed by atoms with Crippen molar-refractivity contribution >= 4 is 27.7 Å². The minimum Gasteiger partial charge on any atom is -0.369 e. The van der Waals surface area contributed by atoms with E-state index >= 15 is 0 Å². The number of guanidine groups is 1. The highest BCUT2D eigenvalue weighted by atomic mass is 32.2. The van der Waals surface area contributed by atoms with Crippen LogP contribution in [0.2, 0.25) is 0 Å². The molecule has 0 saturated heterocycles. The zero-order chi connectivity index (χ0) is 24.7. The quantitative estimate of drug-likeness (QED) is 0.576. The number of urea groups is 1. The SMILES string of the molecule is C=CC(c1ccc2c(c1)CCN2C(=O)NC(C)C1CC1)S(=O)(=O)N1CC(c2ccccc2)N=C1N. The van der Waals surface area contributed by atoms with Gasteiger partial charge in [-0.2, -0.15) is 0 Å². The van der Waals surface area contributed by atoms with Crippen LogP contribution in [-0.2, 0) is 16.4 Å². The molecule has 0 spiro atoms. The zero-order valence-corrected chi connectivity index (χ0v) is 20.6. The van der Waals surface area contributed by atoms with Crippen molar-refractivity contribution in [3.05, 3.63) is 77.9 Å². The van der Waals surface area contributed by atoms with Gasteiger partial charge in [-0.1, -0.05) is 48.5 Å². The Bertz CT molecular complexity index is 1270. The molecule has 3 N–H and O–H groups in total. The molecule has 5 rings (SSSR count). The Morgan fingerprint density at radius 2 is 1.97 bits per heavy atom. The number of carbonyl (C=O) groups is 1. The van der Waals surface area contributed by atoms with E-state index < -0.39 is 15.3 Å². The molecule has 9 heteroatoms. The van der Waals surface area contributed by atoms with E-state index in [2.05, 4.69) is 16.9 Å². The molecule has 35 heavy (non-hydrogen) atoms. The van der Waals surface area contributed by atoms with Gasteiger partial charge in [-0.3, -0.25) is 4.90 Å². The molecule has 184 valence electrons. The second kappa shape index (κ2) is 9.03. The molecular formula is C26H31N5O3S. The van der Waals surface area contributed by atoms with Crippen molar-refractivity contribution in [1.29, 1.82) is 0 Å². The Balaban J connectivity index is 1.35. The van der Waals surface area contributed by atoms with Crippen molar-refractivity contribution in [2.24, 2.45) is 16.6 Å². The summed E-state index contributed by atoms with van der Waals surface area (Å²) in [6, 6.07) is 14.7. The van der Waals surface area contributed by atoms with E-state index in [0.29, 0.717) is 24.4 Å². The fourth-order valence-corrected chi connectivity index (χ4v) is 6.63. The molecule has 2 aromatic carbocycles. The first-order chi connectivity index (χ1) is 16.8. The monoisotopic (exact) mass is 493 g/mol. The summed E-state index contributed by atoms with van der Waals surface area (Å²) in [4.78, 5) is 19.0. The lowest BCUT2D eigenvalue weighted by molar-refractivity contribution is 0.242. The van der Waals surface area contributed by atoms with E-state index in [4.69, 9.17) is 5.73 Å². The first-order valence-corrected chi connectivity index (χ1v) is 13.5. The number of sulfonamides is 1. The molecular weight excluding hydrogens is 462 g/mol. The van der Waals surface area contributed by atoms with Crippen molar-refractivity contribution in [1.82, 2.24) is 9.62 Å². The zero-order valence-electron chi connectivity index (χ0n) is 19.8. The average Bonchev–Trinajstić information content (AvgIpc) is 3.49. The van der Waals surface area contributed by atoms with Crippen LogP contribution in [0.25, 0.3) is 0 Å². The van der Waals surface area contributed by atoms with Crippen LogP contribution in [0.3, 0.4) is 0 Å². The molecule has 3 aliphatic rings. The molecule has 0 bridgehead atoms. The summed E-state index contributed by atoms with van der Waals surface area (Å²) in [6.45, 7) is 6.58. The summed E-state index contributed by atoms with van der Waals surface area (Å²) >= 11 is 0. The summed E-state index contributed by atoms with van der Waals surface area (Å²) < 4.78 is 28.5. The standard InChI is InChI=1S/C26H31N5O3S/c1-3-24(35(33,34)31-16-22(29-25(31)27)19-7-5-4-6-8-19)21-11-12-23-20(15-21)13-14-30(23)26(32)28-17(2)18-9-10-18/h3-8,11-12,15,17-18,22,24H,1,9-10,13-14,16H2,2H3,(H2,27,29)(H,28,32). The molecule has 2 aliphatic heterocycles. The van der Waals surface area contributed by atoms with Crippen LogP contribution in [0, 0.1) is 5.92 Å².